The van der Waals surface area contributed by atoms with Crippen LogP contribution in [0.1, 0.15) is 52.9 Å². The predicted molar refractivity (Wildman–Crippen MR) is 78.6 cm³/mol. The molecule has 1 aliphatic rings. The van der Waals surface area contributed by atoms with E-state index in [1.807, 2.05) is 0 Å². The SMILES string of the molecule is CCC(CCNC(=O)NCC1CC1(C)C)CCC(=O)O. The van der Waals surface area contributed by atoms with Crippen LogP contribution in [-0.4, -0.2) is 30.2 Å². The van der Waals surface area contributed by atoms with Gasteiger partial charge in [-0.25, -0.2) is 4.79 Å². The van der Waals surface area contributed by atoms with E-state index in [2.05, 4.69) is 31.4 Å². The molecule has 0 aromatic rings. The van der Waals surface area contributed by atoms with Gasteiger partial charge in [-0.05, 0) is 36.5 Å². The third kappa shape index (κ3) is 6.26. The van der Waals surface area contributed by atoms with Crippen LogP contribution >= 0.6 is 0 Å². The number of urea groups is 1. The van der Waals surface area contributed by atoms with Crippen molar-refractivity contribution in [3.63, 3.8) is 0 Å². The van der Waals surface area contributed by atoms with Gasteiger partial charge in [0.15, 0.2) is 0 Å². The van der Waals surface area contributed by atoms with Crippen LogP contribution < -0.4 is 10.6 Å². The van der Waals surface area contributed by atoms with E-state index in [0.29, 0.717) is 30.2 Å². The third-order valence-electron chi connectivity index (χ3n) is 4.41. The number of carbonyl (C=O) groups is 2. The summed E-state index contributed by atoms with van der Waals surface area (Å²) >= 11 is 0. The number of carbonyl (C=O) groups excluding carboxylic acids is 1. The highest BCUT2D eigenvalue weighted by molar-refractivity contribution is 5.73. The summed E-state index contributed by atoms with van der Waals surface area (Å²) in [6, 6.07) is -0.110. The zero-order chi connectivity index (χ0) is 15.2. The molecule has 5 heteroatoms. The number of hydrogen-bond acceptors (Lipinski definition) is 2. The van der Waals surface area contributed by atoms with Crippen molar-refractivity contribution in [3.05, 3.63) is 0 Å². The van der Waals surface area contributed by atoms with Crippen molar-refractivity contribution in [1.82, 2.24) is 10.6 Å². The Bertz CT molecular complexity index is 342. The van der Waals surface area contributed by atoms with Crippen molar-refractivity contribution in [2.75, 3.05) is 13.1 Å². The molecule has 1 saturated carbocycles. The number of amides is 2. The van der Waals surface area contributed by atoms with Gasteiger partial charge in [-0.3, -0.25) is 4.79 Å². The van der Waals surface area contributed by atoms with E-state index < -0.39 is 5.97 Å². The smallest absolute Gasteiger partial charge is 0.314 e. The number of hydrogen-bond donors (Lipinski definition) is 3. The van der Waals surface area contributed by atoms with E-state index in [1.165, 1.54) is 6.42 Å². The van der Waals surface area contributed by atoms with Gasteiger partial charge in [0.25, 0.3) is 0 Å². The number of rotatable bonds is 9. The van der Waals surface area contributed by atoms with E-state index in [1.54, 1.807) is 0 Å². The minimum Gasteiger partial charge on any atom is -0.481 e. The van der Waals surface area contributed by atoms with Crippen LogP contribution in [0.15, 0.2) is 0 Å². The van der Waals surface area contributed by atoms with Gasteiger partial charge in [0.1, 0.15) is 0 Å². The molecule has 2 unspecified atom stereocenters. The van der Waals surface area contributed by atoms with Gasteiger partial charge in [0.05, 0.1) is 0 Å². The molecule has 5 nitrogen and oxygen atoms in total. The predicted octanol–water partition coefficient (Wildman–Crippen LogP) is 2.61. The Morgan fingerprint density at radius 2 is 1.95 bits per heavy atom. The van der Waals surface area contributed by atoms with Gasteiger partial charge in [-0.1, -0.05) is 27.2 Å². The van der Waals surface area contributed by atoms with Crippen LogP contribution in [0.25, 0.3) is 0 Å². The maximum Gasteiger partial charge on any atom is 0.314 e. The zero-order valence-electron chi connectivity index (χ0n) is 12.9. The first-order chi connectivity index (χ1) is 9.35. The van der Waals surface area contributed by atoms with Crippen molar-refractivity contribution in [3.8, 4) is 0 Å². The standard InChI is InChI=1S/C15H28N2O3/c1-4-11(5-6-13(18)19)7-8-16-14(20)17-10-12-9-15(12,2)3/h11-12H,4-10H2,1-3H3,(H,18,19)(H2,16,17,20). The highest BCUT2D eigenvalue weighted by Crippen LogP contribution is 2.50. The molecule has 0 heterocycles. The highest BCUT2D eigenvalue weighted by Gasteiger charge is 2.45. The summed E-state index contributed by atoms with van der Waals surface area (Å²) in [7, 11) is 0. The molecule has 3 N–H and O–H groups in total. The van der Waals surface area contributed by atoms with Crippen molar-refractivity contribution >= 4 is 12.0 Å². The molecule has 0 spiro atoms. The molecule has 1 rings (SSSR count). The molecule has 0 aromatic carbocycles. The van der Waals surface area contributed by atoms with Gasteiger partial charge in [0.2, 0.25) is 0 Å². The minimum atomic E-state index is -0.749. The third-order valence-corrected chi connectivity index (χ3v) is 4.41. The molecular weight excluding hydrogens is 256 g/mol. The number of carboxylic acid groups (broad SMARTS) is 1. The van der Waals surface area contributed by atoms with Crippen LogP contribution in [0.4, 0.5) is 4.79 Å². The number of aliphatic carboxylic acids is 1. The summed E-state index contributed by atoms with van der Waals surface area (Å²) in [5.74, 6) is 0.224. The zero-order valence-corrected chi connectivity index (χ0v) is 12.9. The molecule has 116 valence electrons. The first kappa shape index (κ1) is 16.8. The summed E-state index contributed by atoms with van der Waals surface area (Å²) in [4.78, 5) is 22.1. The van der Waals surface area contributed by atoms with Crippen LogP contribution in [0.3, 0.4) is 0 Å². The summed E-state index contributed by atoms with van der Waals surface area (Å²) < 4.78 is 0. The number of nitrogens with one attached hydrogen (secondary N) is 2. The second kappa shape index (κ2) is 7.50. The Balaban J connectivity index is 2.06. The molecule has 0 aliphatic heterocycles. The van der Waals surface area contributed by atoms with Crippen LogP contribution in [0, 0.1) is 17.3 Å². The summed E-state index contributed by atoms with van der Waals surface area (Å²) in [6.45, 7) is 7.84. The second-order valence-electron chi connectivity index (χ2n) is 6.52. The quantitative estimate of drug-likeness (QED) is 0.609. The largest absolute Gasteiger partial charge is 0.481 e. The van der Waals surface area contributed by atoms with E-state index in [-0.39, 0.29) is 12.5 Å². The molecule has 1 aliphatic carbocycles. The van der Waals surface area contributed by atoms with Gasteiger partial charge >= 0.3 is 12.0 Å². The van der Waals surface area contributed by atoms with Gasteiger partial charge in [-0.15, -0.1) is 0 Å². The van der Waals surface area contributed by atoms with Crippen molar-refractivity contribution in [2.24, 2.45) is 17.3 Å². The Hall–Kier alpha value is -1.26. The van der Waals surface area contributed by atoms with Crippen molar-refractivity contribution in [1.29, 1.82) is 0 Å². The fraction of sp³-hybridized carbons (Fsp3) is 0.867. The normalized spacial score (nSPS) is 21.1. The van der Waals surface area contributed by atoms with E-state index in [9.17, 15) is 9.59 Å². The first-order valence-electron chi connectivity index (χ1n) is 7.58. The Kier molecular flexibility index (Phi) is 6.30. The van der Waals surface area contributed by atoms with Gasteiger partial charge < -0.3 is 15.7 Å². The van der Waals surface area contributed by atoms with E-state index >= 15 is 0 Å². The first-order valence-corrected chi connectivity index (χ1v) is 7.58. The molecule has 0 radical (unpaired) electrons. The lowest BCUT2D eigenvalue weighted by molar-refractivity contribution is -0.137. The topological polar surface area (TPSA) is 78.4 Å². The number of carboxylic acids is 1. The molecule has 0 bridgehead atoms. The maximum absolute atomic E-state index is 11.6. The lowest BCUT2D eigenvalue weighted by atomic mass is 9.97. The lowest BCUT2D eigenvalue weighted by Gasteiger charge is -2.14. The molecular formula is C15H28N2O3. The molecule has 2 amide bonds. The Morgan fingerprint density at radius 1 is 1.30 bits per heavy atom. The monoisotopic (exact) mass is 284 g/mol. The van der Waals surface area contributed by atoms with E-state index in [0.717, 1.165) is 19.4 Å². The maximum atomic E-state index is 11.6. The second-order valence-corrected chi connectivity index (χ2v) is 6.52. The summed E-state index contributed by atoms with van der Waals surface area (Å²) in [6.07, 6.45) is 3.87. The average Bonchev–Trinajstić information content (AvgIpc) is 2.98. The molecule has 0 saturated heterocycles. The summed E-state index contributed by atoms with van der Waals surface area (Å²) in [5.41, 5.74) is 0.386. The van der Waals surface area contributed by atoms with Crippen LogP contribution in [-0.2, 0) is 4.79 Å². The minimum absolute atomic E-state index is 0.110. The summed E-state index contributed by atoms with van der Waals surface area (Å²) in [5, 5.41) is 14.4. The van der Waals surface area contributed by atoms with Gasteiger partial charge in [0, 0.05) is 19.5 Å². The van der Waals surface area contributed by atoms with Crippen molar-refractivity contribution in [2.45, 2.75) is 52.9 Å². The molecule has 20 heavy (non-hydrogen) atoms. The average molecular weight is 284 g/mol. The van der Waals surface area contributed by atoms with Crippen molar-refractivity contribution < 1.29 is 14.7 Å². The lowest BCUT2D eigenvalue weighted by Crippen LogP contribution is -2.38. The molecule has 0 aromatic heterocycles. The highest BCUT2D eigenvalue weighted by atomic mass is 16.4. The van der Waals surface area contributed by atoms with Crippen LogP contribution in [0.5, 0.6) is 0 Å². The molecule has 1 fully saturated rings. The fourth-order valence-electron chi connectivity index (χ4n) is 2.47. The van der Waals surface area contributed by atoms with E-state index in [4.69, 9.17) is 5.11 Å². The molecule has 2 atom stereocenters. The van der Waals surface area contributed by atoms with Crippen LogP contribution in [0.2, 0.25) is 0 Å². The Labute approximate surface area is 121 Å². The Morgan fingerprint density at radius 3 is 2.45 bits per heavy atom. The van der Waals surface area contributed by atoms with Gasteiger partial charge in [-0.2, -0.15) is 0 Å². The fourth-order valence-corrected chi connectivity index (χ4v) is 2.47.